The lowest BCUT2D eigenvalue weighted by atomic mass is 10.2. The molecule has 6 heteroatoms. The van der Waals surface area contributed by atoms with E-state index in [9.17, 15) is 14.0 Å². The molecule has 0 saturated carbocycles. The number of nitrogens with one attached hydrogen (secondary N) is 1. The number of fused-ring (bicyclic) bond motifs is 1. The van der Waals surface area contributed by atoms with Gasteiger partial charge in [0.2, 0.25) is 5.91 Å². The average Bonchev–Trinajstić information content (AvgIpc) is 2.74. The molecule has 5 nitrogen and oxygen atoms in total. The molecule has 0 radical (unpaired) electrons. The Morgan fingerprint density at radius 3 is 2.37 bits per heavy atom. The smallest absolute Gasteiger partial charge is 0.266 e. The monoisotopic (exact) mass is 399 g/mol. The second-order valence-electron chi connectivity index (χ2n) is 6.74. The molecule has 3 aromatic carbocycles. The molecule has 1 amide bonds. The molecular weight excluding hydrogens is 381 g/mol. The van der Waals surface area contributed by atoms with E-state index in [1.165, 1.54) is 23.6 Å². The second kappa shape index (κ2) is 8.13. The topological polar surface area (TPSA) is 64.0 Å². The molecule has 0 aliphatic rings. The molecule has 0 unspecified atom stereocenters. The number of halogens is 1. The van der Waals surface area contributed by atoms with Crippen LogP contribution >= 0.6 is 0 Å². The fourth-order valence-electron chi connectivity index (χ4n) is 3.15. The van der Waals surface area contributed by atoms with Crippen molar-refractivity contribution < 1.29 is 9.18 Å². The molecule has 4 rings (SSSR count). The third-order valence-electron chi connectivity index (χ3n) is 4.54. The molecule has 0 bridgehead atoms. The zero-order valence-corrected chi connectivity index (χ0v) is 16.2. The van der Waals surface area contributed by atoms with E-state index in [2.05, 4.69) is 10.3 Å². The van der Waals surface area contributed by atoms with Gasteiger partial charge in [-0.25, -0.2) is 9.37 Å². The maximum Gasteiger partial charge on any atom is 0.266 e. The Morgan fingerprint density at radius 2 is 1.67 bits per heavy atom. The van der Waals surface area contributed by atoms with Gasteiger partial charge in [0.15, 0.2) is 0 Å². The Kier molecular flexibility index (Phi) is 5.22. The molecule has 0 atom stereocenters. The third-order valence-corrected chi connectivity index (χ3v) is 4.54. The van der Waals surface area contributed by atoms with Gasteiger partial charge in [0, 0.05) is 12.6 Å². The van der Waals surface area contributed by atoms with Crippen LogP contribution < -0.4 is 10.9 Å². The van der Waals surface area contributed by atoms with Gasteiger partial charge in [0.1, 0.15) is 11.6 Å². The van der Waals surface area contributed by atoms with Gasteiger partial charge in [0.05, 0.1) is 16.6 Å². The van der Waals surface area contributed by atoms with Crippen LogP contribution in [0.1, 0.15) is 18.3 Å². The molecule has 0 aliphatic heterocycles. The minimum Gasteiger partial charge on any atom is -0.326 e. The highest BCUT2D eigenvalue weighted by atomic mass is 19.1. The van der Waals surface area contributed by atoms with Crippen molar-refractivity contribution in [3.63, 3.8) is 0 Å². The first kappa shape index (κ1) is 19.3. The van der Waals surface area contributed by atoms with E-state index in [4.69, 9.17) is 0 Å². The van der Waals surface area contributed by atoms with Crippen molar-refractivity contribution in [2.45, 2.75) is 6.92 Å². The highest BCUT2D eigenvalue weighted by molar-refractivity contribution is 5.88. The van der Waals surface area contributed by atoms with Crippen LogP contribution in [0.4, 0.5) is 10.1 Å². The van der Waals surface area contributed by atoms with E-state index in [1.807, 2.05) is 6.07 Å². The lowest BCUT2D eigenvalue weighted by Gasteiger charge is -2.12. The molecule has 30 heavy (non-hydrogen) atoms. The predicted octanol–water partition coefficient (Wildman–Crippen LogP) is 4.65. The van der Waals surface area contributed by atoms with E-state index in [0.717, 1.165) is 5.56 Å². The van der Waals surface area contributed by atoms with Crippen LogP contribution in [0.2, 0.25) is 0 Å². The van der Waals surface area contributed by atoms with Crippen LogP contribution in [0, 0.1) is 5.82 Å². The van der Waals surface area contributed by atoms with Crippen LogP contribution in [0.25, 0.3) is 28.7 Å². The maximum absolute atomic E-state index is 13.2. The van der Waals surface area contributed by atoms with E-state index in [0.29, 0.717) is 28.1 Å². The van der Waals surface area contributed by atoms with Crippen LogP contribution in [0.15, 0.2) is 77.6 Å². The number of aromatic nitrogens is 2. The largest absolute Gasteiger partial charge is 0.326 e. The summed E-state index contributed by atoms with van der Waals surface area (Å²) in [5, 5.41) is 3.21. The summed E-state index contributed by atoms with van der Waals surface area (Å²) in [6, 6.07) is 20.2. The Hall–Kier alpha value is -4.06. The summed E-state index contributed by atoms with van der Waals surface area (Å²) in [4.78, 5) is 29.1. The Labute approximate surface area is 172 Å². The molecule has 0 fully saturated rings. The summed E-state index contributed by atoms with van der Waals surface area (Å²) in [6.07, 6.45) is 3.50. The molecule has 0 saturated heterocycles. The standard InChI is InChI=1S/C24H18FN3O2/c1-16(29)26-19-11-13-20(14-12-19)28-23(15-8-17-6-9-18(25)10-7-17)27-22-5-3-2-4-21(22)24(28)30/h2-15H,1H3,(H,26,29). The van der Waals surface area contributed by atoms with Gasteiger partial charge in [-0.1, -0.05) is 30.3 Å². The minimum absolute atomic E-state index is 0.171. The number of amides is 1. The van der Waals surface area contributed by atoms with Gasteiger partial charge in [-0.2, -0.15) is 0 Å². The number of carbonyl (C=O) groups excluding carboxylic acids is 1. The summed E-state index contributed by atoms with van der Waals surface area (Å²) in [5.41, 5.74) is 2.42. The zero-order valence-electron chi connectivity index (χ0n) is 16.2. The van der Waals surface area contributed by atoms with Crippen LogP contribution in [0.5, 0.6) is 0 Å². The second-order valence-corrected chi connectivity index (χ2v) is 6.74. The Balaban J connectivity index is 1.85. The fourth-order valence-corrected chi connectivity index (χ4v) is 3.15. The molecule has 148 valence electrons. The third kappa shape index (κ3) is 4.03. The summed E-state index contributed by atoms with van der Waals surface area (Å²) in [6.45, 7) is 1.43. The van der Waals surface area contributed by atoms with Crippen LogP contribution in [-0.4, -0.2) is 15.5 Å². The van der Waals surface area contributed by atoms with Gasteiger partial charge < -0.3 is 5.32 Å². The van der Waals surface area contributed by atoms with E-state index in [1.54, 1.807) is 66.7 Å². The van der Waals surface area contributed by atoms with Crippen molar-refractivity contribution in [3.05, 3.63) is 100 Å². The summed E-state index contributed by atoms with van der Waals surface area (Å²) in [7, 11) is 0. The van der Waals surface area contributed by atoms with Crippen molar-refractivity contribution in [1.29, 1.82) is 0 Å². The van der Waals surface area contributed by atoms with Gasteiger partial charge in [-0.15, -0.1) is 0 Å². The van der Waals surface area contributed by atoms with Gasteiger partial charge in [-0.3, -0.25) is 14.2 Å². The van der Waals surface area contributed by atoms with Crippen molar-refractivity contribution >= 4 is 34.6 Å². The van der Waals surface area contributed by atoms with Crippen molar-refractivity contribution in [2.24, 2.45) is 0 Å². The van der Waals surface area contributed by atoms with Gasteiger partial charge in [-0.05, 0) is 60.2 Å². The summed E-state index contributed by atoms with van der Waals surface area (Å²) < 4.78 is 14.7. The minimum atomic E-state index is -0.313. The first-order valence-electron chi connectivity index (χ1n) is 9.35. The molecule has 0 aliphatic carbocycles. The summed E-state index contributed by atoms with van der Waals surface area (Å²) in [5.74, 6) is -0.0438. The van der Waals surface area contributed by atoms with E-state index in [-0.39, 0.29) is 17.3 Å². The fraction of sp³-hybridized carbons (Fsp3) is 0.0417. The SMILES string of the molecule is CC(=O)Nc1ccc(-n2c(C=Cc3ccc(F)cc3)nc3ccccc3c2=O)cc1. The zero-order chi connectivity index (χ0) is 21.1. The number of hydrogen-bond donors (Lipinski definition) is 1. The first-order chi connectivity index (χ1) is 14.5. The van der Waals surface area contributed by atoms with Crippen LogP contribution in [0.3, 0.4) is 0 Å². The summed E-state index contributed by atoms with van der Waals surface area (Å²) >= 11 is 0. The van der Waals surface area contributed by atoms with E-state index >= 15 is 0 Å². The highest BCUT2D eigenvalue weighted by Crippen LogP contribution is 2.18. The van der Waals surface area contributed by atoms with Gasteiger partial charge >= 0.3 is 0 Å². The molecule has 1 heterocycles. The first-order valence-corrected chi connectivity index (χ1v) is 9.35. The Bertz CT molecular complexity index is 1310. The molecule has 1 aromatic heterocycles. The van der Waals surface area contributed by atoms with E-state index < -0.39 is 0 Å². The normalized spacial score (nSPS) is 11.1. The number of benzene rings is 3. The molecule has 0 spiro atoms. The maximum atomic E-state index is 13.2. The Morgan fingerprint density at radius 1 is 0.967 bits per heavy atom. The number of anilines is 1. The van der Waals surface area contributed by atoms with Crippen LogP contribution in [-0.2, 0) is 4.79 Å². The van der Waals surface area contributed by atoms with Crippen molar-refractivity contribution in [2.75, 3.05) is 5.32 Å². The number of rotatable bonds is 4. The number of carbonyl (C=O) groups is 1. The predicted molar refractivity (Wildman–Crippen MR) is 117 cm³/mol. The lowest BCUT2D eigenvalue weighted by molar-refractivity contribution is -0.114. The van der Waals surface area contributed by atoms with Crippen molar-refractivity contribution in [1.82, 2.24) is 9.55 Å². The number of nitrogens with zero attached hydrogens (tertiary/aromatic N) is 2. The number of hydrogen-bond acceptors (Lipinski definition) is 3. The molecule has 1 N–H and O–H groups in total. The molecular formula is C24H18FN3O2. The van der Waals surface area contributed by atoms with Gasteiger partial charge in [0.25, 0.3) is 5.56 Å². The van der Waals surface area contributed by atoms with Crippen molar-refractivity contribution in [3.8, 4) is 5.69 Å². The molecule has 4 aromatic rings. The highest BCUT2D eigenvalue weighted by Gasteiger charge is 2.11. The average molecular weight is 399 g/mol. The quantitative estimate of drug-likeness (QED) is 0.543. The lowest BCUT2D eigenvalue weighted by Crippen LogP contribution is -2.22. The number of para-hydroxylation sites is 1.